The van der Waals surface area contributed by atoms with Gasteiger partial charge >= 0.3 is 0 Å². The molecule has 0 aliphatic carbocycles. The maximum atomic E-state index is 4.29. The van der Waals surface area contributed by atoms with Crippen LogP contribution in [0, 0.1) is 5.92 Å². The van der Waals surface area contributed by atoms with Gasteiger partial charge in [-0.1, -0.05) is 12.1 Å². The summed E-state index contributed by atoms with van der Waals surface area (Å²) in [6.07, 6.45) is 5.28. The van der Waals surface area contributed by atoms with Crippen molar-refractivity contribution >= 4 is 12.6 Å². The lowest BCUT2D eigenvalue weighted by Crippen LogP contribution is -2.29. The molecule has 1 aromatic rings. The molecule has 1 unspecified atom stereocenters. The average molecular weight is 221 g/mol. The zero-order chi connectivity index (χ0) is 10.5. The minimum absolute atomic E-state index is 0.884. The number of rotatable bonds is 3. The highest BCUT2D eigenvalue weighted by atomic mass is 32.1. The van der Waals surface area contributed by atoms with Crippen LogP contribution in [0.4, 0.5) is 0 Å². The molecule has 1 N–H and O–H groups in total. The lowest BCUT2D eigenvalue weighted by Gasteiger charge is -2.22. The van der Waals surface area contributed by atoms with Crippen LogP contribution in [-0.4, -0.2) is 13.1 Å². The minimum Gasteiger partial charge on any atom is -0.316 e. The number of hydrogen-bond acceptors (Lipinski definition) is 2. The Morgan fingerprint density at radius 3 is 2.73 bits per heavy atom. The maximum absolute atomic E-state index is 4.29. The van der Waals surface area contributed by atoms with E-state index < -0.39 is 0 Å². The van der Waals surface area contributed by atoms with Crippen molar-refractivity contribution in [2.45, 2.75) is 30.6 Å². The van der Waals surface area contributed by atoms with Crippen molar-refractivity contribution in [3.63, 3.8) is 0 Å². The van der Waals surface area contributed by atoms with Crippen molar-refractivity contribution in [2.24, 2.45) is 5.92 Å². The van der Waals surface area contributed by atoms with Crippen molar-refractivity contribution in [1.82, 2.24) is 5.32 Å². The Kier molecular flexibility index (Phi) is 4.09. The third-order valence-corrected chi connectivity index (χ3v) is 3.47. The molecule has 15 heavy (non-hydrogen) atoms. The van der Waals surface area contributed by atoms with Crippen LogP contribution < -0.4 is 5.32 Å². The number of hydrogen-bond donors (Lipinski definition) is 2. The Morgan fingerprint density at radius 1 is 1.27 bits per heavy atom. The molecule has 0 amide bonds. The summed E-state index contributed by atoms with van der Waals surface area (Å²) in [6.45, 7) is 2.43. The smallest absolute Gasteiger partial charge is 0.00401 e. The largest absolute Gasteiger partial charge is 0.316 e. The predicted octanol–water partition coefficient (Wildman–Crippen LogP) is 2.91. The SMILES string of the molecule is Sc1ccc(CCC2CCCNC2)cc1. The molecule has 1 saturated heterocycles. The molecule has 0 radical (unpaired) electrons. The first-order valence-electron chi connectivity index (χ1n) is 5.83. The van der Waals surface area contributed by atoms with Crippen LogP contribution in [0.3, 0.4) is 0 Å². The first kappa shape index (κ1) is 11.0. The van der Waals surface area contributed by atoms with Crippen molar-refractivity contribution < 1.29 is 0 Å². The molecule has 1 heterocycles. The van der Waals surface area contributed by atoms with Gasteiger partial charge in [-0.2, -0.15) is 0 Å². The first-order valence-corrected chi connectivity index (χ1v) is 6.28. The molecule has 82 valence electrons. The Bertz CT molecular complexity index is 288. The van der Waals surface area contributed by atoms with Gasteiger partial charge in [-0.05, 0) is 62.4 Å². The van der Waals surface area contributed by atoms with E-state index in [-0.39, 0.29) is 0 Å². The summed E-state index contributed by atoms with van der Waals surface area (Å²) in [5, 5.41) is 3.47. The molecule has 1 aromatic carbocycles. The molecule has 2 rings (SSSR count). The van der Waals surface area contributed by atoms with Gasteiger partial charge in [0.25, 0.3) is 0 Å². The summed E-state index contributed by atoms with van der Waals surface area (Å²) in [5.41, 5.74) is 1.44. The quantitative estimate of drug-likeness (QED) is 0.748. The van der Waals surface area contributed by atoms with Gasteiger partial charge in [-0.25, -0.2) is 0 Å². The van der Waals surface area contributed by atoms with Gasteiger partial charge in [0.05, 0.1) is 0 Å². The number of piperidine rings is 1. The number of thiol groups is 1. The fraction of sp³-hybridized carbons (Fsp3) is 0.538. The van der Waals surface area contributed by atoms with Gasteiger partial charge in [0.1, 0.15) is 0 Å². The van der Waals surface area contributed by atoms with Gasteiger partial charge in [0.15, 0.2) is 0 Å². The van der Waals surface area contributed by atoms with Gasteiger partial charge in [0.2, 0.25) is 0 Å². The lowest BCUT2D eigenvalue weighted by atomic mass is 9.93. The van der Waals surface area contributed by atoms with E-state index in [0.717, 1.165) is 10.8 Å². The summed E-state index contributed by atoms with van der Waals surface area (Å²) in [6, 6.07) is 8.55. The standard InChI is InChI=1S/C13H19NS/c15-13-7-5-11(6-8-13)3-4-12-2-1-9-14-10-12/h5-8,12,14-15H,1-4,9-10H2. The van der Waals surface area contributed by atoms with E-state index in [1.165, 1.54) is 44.3 Å². The van der Waals surface area contributed by atoms with Crippen LogP contribution in [0.25, 0.3) is 0 Å². The second kappa shape index (κ2) is 5.57. The average Bonchev–Trinajstić information content (AvgIpc) is 2.30. The zero-order valence-electron chi connectivity index (χ0n) is 9.08. The van der Waals surface area contributed by atoms with Crippen molar-refractivity contribution in [3.05, 3.63) is 29.8 Å². The summed E-state index contributed by atoms with van der Waals surface area (Å²) < 4.78 is 0. The van der Waals surface area contributed by atoms with Crippen LogP contribution in [0.5, 0.6) is 0 Å². The minimum atomic E-state index is 0.884. The molecule has 1 atom stereocenters. The monoisotopic (exact) mass is 221 g/mol. The summed E-state index contributed by atoms with van der Waals surface area (Å²) in [5.74, 6) is 0.884. The van der Waals surface area contributed by atoms with Crippen LogP contribution in [-0.2, 0) is 6.42 Å². The number of aryl methyl sites for hydroxylation is 1. The second-order valence-electron chi connectivity index (χ2n) is 4.42. The summed E-state index contributed by atoms with van der Waals surface area (Å²) in [4.78, 5) is 1.05. The van der Waals surface area contributed by atoms with E-state index in [9.17, 15) is 0 Å². The first-order chi connectivity index (χ1) is 7.34. The molecule has 2 heteroatoms. The van der Waals surface area contributed by atoms with Crippen LogP contribution in [0.2, 0.25) is 0 Å². The van der Waals surface area contributed by atoms with Crippen LogP contribution >= 0.6 is 12.6 Å². The molecule has 1 aliphatic heterocycles. The highest BCUT2D eigenvalue weighted by Crippen LogP contribution is 2.17. The molecule has 0 bridgehead atoms. The molecular weight excluding hydrogens is 202 g/mol. The predicted molar refractivity (Wildman–Crippen MR) is 67.6 cm³/mol. The summed E-state index contributed by atoms with van der Waals surface area (Å²) >= 11 is 4.29. The van der Waals surface area contributed by atoms with E-state index in [4.69, 9.17) is 0 Å². The van der Waals surface area contributed by atoms with Crippen molar-refractivity contribution in [1.29, 1.82) is 0 Å². The molecular formula is C13H19NS. The number of nitrogens with one attached hydrogen (secondary N) is 1. The zero-order valence-corrected chi connectivity index (χ0v) is 9.97. The molecule has 0 aromatic heterocycles. The van der Waals surface area contributed by atoms with Gasteiger partial charge in [-0.3, -0.25) is 0 Å². The molecule has 0 spiro atoms. The van der Waals surface area contributed by atoms with E-state index >= 15 is 0 Å². The van der Waals surface area contributed by atoms with E-state index in [1.807, 2.05) is 0 Å². The van der Waals surface area contributed by atoms with Crippen LogP contribution in [0.15, 0.2) is 29.2 Å². The maximum Gasteiger partial charge on any atom is 0.00401 e. The topological polar surface area (TPSA) is 12.0 Å². The number of benzene rings is 1. The normalized spacial score (nSPS) is 21.5. The Labute approximate surface area is 97.7 Å². The highest BCUT2D eigenvalue weighted by Gasteiger charge is 2.12. The van der Waals surface area contributed by atoms with Crippen molar-refractivity contribution in [2.75, 3.05) is 13.1 Å². The third-order valence-electron chi connectivity index (χ3n) is 3.18. The molecule has 1 nitrogen and oxygen atoms in total. The molecule has 0 saturated carbocycles. The van der Waals surface area contributed by atoms with E-state index in [1.54, 1.807) is 0 Å². The second-order valence-corrected chi connectivity index (χ2v) is 4.93. The van der Waals surface area contributed by atoms with Gasteiger partial charge in [-0.15, -0.1) is 12.6 Å². The third kappa shape index (κ3) is 3.54. The molecule has 1 fully saturated rings. The molecule has 1 aliphatic rings. The fourth-order valence-electron chi connectivity index (χ4n) is 2.20. The van der Waals surface area contributed by atoms with Gasteiger partial charge < -0.3 is 5.32 Å². The van der Waals surface area contributed by atoms with E-state index in [2.05, 4.69) is 42.2 Å². The van der Waals surface area contributed by atoms with E-state index in [0.29, 0.717) is 0 Å². The Morgan fingerprint density at radius 2 is 2.07 bits per heavy atom. The lowest BCUT2D eigenvalue weighted by molar-refractivity contribution is 0.358. The van der Waals surface area contributed by atoms with Gasteiger partial charge in [0, 0.05) is 4.90 Å². The fourth-order valence-corrected chi connectivity index (χ4v) is 2.35. The Hall–Kier alpha value is -0.470. The van der Waals surface area contributed by atoms with Crippen LogP contribution in [0.1, 0.15) is 24.8 Å². The highest BCUT2D eigenvalue weighted by molar-refractivity contribution is 7.80. The summed E-state index contributed by atoms with van der Waals surface area (Å²) in [7, 11) is 0. The van der Waals surface area contributed by atoms with Crippen molar-refractivity contribution in [3.8, 4) is 0 Å². The Balaban J connectivity index is 1.79.